The molecule has 2 aromatic heterocycles. The van der Waals surface area contributed by atoms with Crippen LogP contribution >= 0.6 is 0 Å². The first-order valence-electron chi connectivity index (χ1n) is 10.3. The van der Waals surface area contributed by atoms with E-state index in [2.05, 4.69) is 25.6 Å². The largest absolute Gasteiger partial charge is 0.370 e. The lowest BCUT2D eigenvalue weighted by atomic mass is 10.0. The van der Waals surface area contributed by atoms with Crippen LogP contribution in [0, 0.1) is 32.4 Å². The second-order valence-corrected chi connectivity index (χ2v) is 7.65. The van der Waals surface area contributed by atoms with Gasteiger partial charge in [0.2, 0.25) is 0 Å². The van der Waals surface area contributed by atoms with Crippen LogP contribution < -0.4 is 10.6 Å². The molecule has 0 saturated heterocycles. The fourth-order valence-electron chi connectivity index (χ4n) is 3.85. The van der Waals surface area contributed by atoms with Crippen molar-refractivity contribution >= 4 is 22.5 Å². The molecule has 0 unspecified atom stereocenters. The molecule has 0 bridgehead atoms. The second kappa shape index (κ2) is 8.71. The van der Waals surface area contributed by atoms with Crippen molar-refractivity contribution < 1.29 is 8.78 Å². The van der Waals surface area contributed by atoms with E-state index in [4.69, 9.17) is 0 Å². The minimum atomic E-state index is -0.250. The highest BCUT2D eigenvalue weighted by Gasteiger charge is 2.14. The average molecular weight is 421 g/mol. The SMILES string of the molecule is Cc1nc(NCCc2c(C)[nH]c3c(F)ccc(C)c23)cc(NCc2ccccc2F)n1. The summed E-state index contributed by atoms with van der Waals surface area (Å²) in [6, 6.07) is 11.8. The topological polar surface area (TPSA) is 65.6 Å². The zero-order valence-corrected chi connectivity index (χ0v) is 17.8. The van der Waals surface area contributed by atoms with E-state index in [1.807, 2.05) is 26.8 Å². The van der Waals surface area contributed by atoms with Crippen molar-refractivity contribution in [2.24, 2.45) is 0 Å². The minimum absolute atomic E-state index is 0.236. The maximum Gasteiger partial charge on any atom is 0.147 e. The third kappa shape index (κ3) is 4.50. The second-order valence-electron chi connectivity index (χ2n) is 7.65. The van der Waals surface area contributed by atoms with Crippen molar-refractivity contribution in [3.63, 3.8) is 0 Å². The maximum atomic E-state index is 14.2. The summed E-state index contributed by atoms with van der Waals surface area (Å²) in [5.41, 5.74) is 4.25. The van der Waals surface area contributed by atoms with Crippen LogP contribution in [0.1, 0.15) is 28.2 Å². The van der Waals surface area contributed by atoms with Crippen molar-refractivity contribution in [3.05, 3.63) is 82.3 Å². The van der Waals surface area contributed by atoms with Gasteiger partial charge in [-0.15, -0.1) is 0 Å². The van der Waals surface area contributed by atoms with E-state index < -0.39 is 0 Å². The van der Waals surface area contributed by atoms with Crippen LogP contribution in [0.15, 0.2) is 42.5 Å². The Morgan fingerprint density at radius 3 is 2.42 bits per heavy atom. The van der Waals surface area contributed by atoms with Crippen LogP contribution in [-0.2, 0) is 13.0 Å². The minimum Gasteiger partial charge on any atom is -0.370 e. The van der Waals surface area contributed by atoms with Gasteiger partial charge in [0.1, 0.15) is 29.1 Å². The van der Waals surface area contributed by atoms with E-state index in [9.17, 15) is 8.78 Å². The normalized spacial score (nSPS) is 11.1. The van der Waals surface area contributed by atoms with Gasteiger partial charge in [-0.25, -0.2) is 18.7 Å². The van der Waals surface area contributed by atoms with Crippen molar-refractivity contribution in [1.29, 1.82) is 0 Å². The van der Waals surface area contributed by atoms with E-state index in [1.165, 1.54) is 12.1 Å². The number of anilines is 2. The smallest absolute Gasteiger partial charge is 0.147 e. The fraction of sp³-hybridized carbons (Fsp3) is 0.250. The summed E-state index contributed by atoms with van der Waals surface area (Å²) in [6.45, 7) is 6.74. The molecule has 4 aromatic rings. The number of H-pyrrole nitrogens is 1. The number of halogens is 2. The predicted molar refractivity (Wildman–Crippen MR) is 120 cm³/mol. The van der Waals surface area contributed by atoms with Crippen LogP contribution in [0.5, 0.6) is 0 Å². The van der Waals surface area contributed by atoms with Crippen molar-refractivity contribution in [2.75, 3.05) is 17.2 Å². The number of rotatable bonds is 7. The maximum absolute atomic E-state index is 14.2. The van der Waals surface area contributed by atoms with Crippen LogP contribution in [0.4, 0.5) is 20.4 Å². The van der Waals surface area contributed by atoms with E-state index in [0.29, 0.717) is 41.6 Å². The van der Waals surface area contributed by atoms with E-state index in [0.717, 1.165) is 28.6 Å². The molecule has 160 valence electrons. The molecule has 0 fully saturated rings. The summed E-state index contributed by atoms with van der Waals surface area (Å²) in [5.74, 6) is 1.44. The molecule has 4 rings (SSSR count). The number of benzene rings is 2. The Bertz CT molecular complexity index is 1230. The van der Waals surface area contributed by atoms with Gasteiger partial charge in [0.25, 0.3) is 0 Å². The first-order chi connectivity index (χ1) is 14.9. The number of hydrogen-bond donors (Lipinski definition) is 3. The van der Waals surface area contributed by atoms with Gasteiger partial charge in [0.15, 0.2) is 0 Å². The number of aromatic amines is 1. The quantitative estimate of drug-likeness (QED) is 0.372. The Labute approximate surface area is 179 Å². The number of nitrogens with one attached hydrogen (secondary N) is 3. The zero-order valence-electron chi connectivity index (χ0n) is 17.8. The molecular formula is C24H25F2N5. The highest BCUT2D eigenvalue weighted by Crippen LogP contribution is 2.28. The lowest BCUT2D eigenvalue weighted by Gasteiger charge is -2.11. The van der Waals surface area contributed by atoms with Gasteiger partial charge < -0.3 is 15.6 Å². The summed E-state index contributed by atoms with van der Waals surface area (Å²) >= 11 is 0. The predicted octanol–water partition coefficient (Wildman–Crippen LogP) is 5.43. The van der Waals surface area contributed by atoms with Gasteiger partial charge >= 0.3 is 0 Å². The molecule has 0 radical (unpaired) electrons. The summed E-state index contributed by atoms with van der Waals surface area (Å²) in [7, 11) is 0. The summed E-state index contributed by atoms with van der Waals surface area (Å²) < 4.78 is 28.0. The van der Waals surface area contributed by atoms with Gasteiger partial charge in [0.05, 0.1) is 5.52 Å². The number of hydrogen-bond acceptors (Lipinski definition) is 4. The van der Waals surface area contributed by atoms with Crippen LogP contribution in [-0.4, -0.2) is 21.5 Å². The Hall–Kier alpha value is -3.48. The van der Waals surface area contributed by atoms with Gasteiger partial charge in [-0.2, -0.15) is 0 Å². The molecule has 0 spiro atoms. The van der Waals surface area contributed by atoms with Gasteiger partial charge in [-0.05, 0) is 50.5 Å². The number of aryl methyl sites for hydroxylation is 3. The zero-order chi connectivity index (χ0) is 22.0. The monoisotopic (exact) mass is 421 g/mol. The Morgan fingerprint density at radius 2 is 1.65 bits per heavy atom. The Balaban J connectivity index is 1.45. The molecule has 0 saturated carbocycles. The van der Waals surface area contributed by atoms with E-state index in [-0.39, 0.29) is 11.6 Å². The fourth-order valence-corrected chi connectivity index (χ4v) is 3.85. The highest BCUT2D eigenvalue weighted by atomic mass is 19.1. The molecule has 7 heteroatoms. The molecule has 0 amide bonds. The molecule has 0 aliphatic heterocycles. The molecule has 31 heavy (non-hydrogen) atoms. The highest BCUT2D eigenvalue weighted by molar-refractivity contribution is 5.88. The number of aromatic nitrogens is 3. The summed E-state index contributed by atoms with van der Waals surface area (Å²) in [6.07, 6.45) is 0.719. The molecular weight excluding hydrogens is 396 g/mol. The third-order valence-electron chi connectivity index (χ3n) is 5.37. The molecule has 2 aromatic carbocycles. The lowest BCUT2D eigenvalue weighted by Crippen LogP contribution is -2.10. The van der Waals surface area contributed by atoms with Gasteiger partial charge in [-0.3, -0.25) is 0 Å². The van der Waals surface area contributed by atoms with E-state index >= 15 is 0 Å². The molecule has 2 heterocycles. The van der Waals surface area contributed by atoms with Crippen molar-refractivity contribution in [3.8, 4) is 0 Å². The van der Waals surface area contributed by atoms with Crippen molar-refractivity contribution in [1.82, 2.24) is 15.0 Å². The number of nitrogens with zero attached hydrogens (tertiary/aromatic N) is 2. The summed E-state index contributed by atoms with van der Waals surface area (Å²) in [4.78, 5) is 12.0. The Kier molecular flexibility index (Phi) is 5.84. The first-order valence-corrected chi connectivity index (χ1v) is 10.3. The molecule has 5 nitrogen and oxygen atoms in total. The standard InChI is InChI=1S/C24H25F2N5/c1-14-8-9-20(26)24-23(14)18(15(2)29-24)10-11-27-21-12-22(31-16(3)30-21)28-13-17-6-4-5-7-19(17)25/h4-9,12,29H,10-11,13H2,1-3H3,(H2,27,28,30,31). The first kappa shape index (κ1) is 20.8. The number of fused-ring (bicyclic) bond motifs is 1. The molecule has 0 aliphatic carbocycles. The average Bonchev–Trinajstić information content (AvgIpc) is 3.07. The van der Waals surface area contributed by atoms with Crippen LogP contribution in [0.2, 0.25) is 0 Å². The van der Waals surface area contributed by atoms with E-state index in [1.54, 1.807) is 24.3 Å². The van der Waals surface area contributed by atoms with Crippen molar-refractivity contribution in [2.45, 2.75) is 33.7 Å². The molecule has 0 atom stereocenters. The summed E-state index contributed by atoms with van der Waals surface area (Å²) in [5, 5.41) is 7.43. The van der Waals surface area contributed by atoms with Crippen LogP contribution in [0.3, 0.4) is 0 Å². The van der Waals surface area contributed by atoms with Gasteiger partial charge in [0, 0.05) is 35.8 Å². The molecule has 3 N–H and O–H groups in total. The van der Waals surface area contributed by atoms with Crippen LogP contribution in [0.25, 0.3) is 10.9 Å². The third-order valence-corrected chi connectivity index (χ3v) is 5.37. The Morgan fingerprint density at radius 1 is 0.903 bits per heavy atom. The molecule has 0 aliphatic rings. The van der Waals surface area contributed by atoms with Gasteiger partial charge in [-0.1, -0.05) is 24.3 Å². The lowest BCUT2D eigenvalue weighted by molar-refractivity contribution is 0.613.